The van der Waals surface area contributed by atoms with Crippen molar-refractivity contribution in [2.75, 3.05) is 26.2 Å². The van der Waals surface area contributed by atoms with Crippen LogP contribution < -0.4 is 0 Å². The van der Waals surface area contributed by atoms with Gasteiger partial charge in [0, 0.05) is 55.8 Å². The molecular weight excluding hydrogens is 311 g/mol. The number of hydrogen-bond acceptors (Lipinski definition) is 4. The summed E-state index contributed by atoms with van der Waals surface area (Å²) >= 11 is 1.78. The predicted octanol–water partition coefficient (Wildman–Crippen LogP) is 2.96. The van der Waals surface area contributed by atoms with Crippen molar-refractivity contribution in [3.8, 4) is 0 Å². The molecule has 1 aliphatic rings. The average molecular weight is 334 g/mol. The highest BCUT2D eigenvalue weighted by Gasteiger charge is 2.27. The van der Waals surface area contributed by atoms with Gasteiger partial charge in [-0.15, -0.1) is 11.3 Å². The Bertz CT molecular complexity index is 605. The van der Waals surface area contributed by atoms with Crippen LogP contribution in [0.25, 0.3) is 0 Å². The van der Waals surface area contributed by atoms with Crippen molar-refractivity contribution in [2.45, 2.75) is 25.6 Å². The minimum absolute atomic E-state index is 0.142. The van der Waals surface area contributed by atoms with Gasteiger partial charge in [-0.25, -0.2) is 4.39 Å². The monoisotopic (exact) mass is 334 g/mol. The van der Waals surface area contributed by atoms with Gasteiger partial charge in [-0.1, -0.05) is 24.3 Å². The van der Waals surface area contributed by atoms with E-state index in [4.69, 9.17) is 0 Å². The Morgan fingerprint density at radius 1 is 1.13 bits per heavy atom. The van der Waals surface area contributed by atoms with E-state index in [1.807, 2.05) is 12.1 Å². The number of halogens is 1. The molecule has 2 aromatic rings. The first-order valence-corrected chi connectivity index (χ1v) is 8.97. The van der Waals surface area contributed by atoms with Gasteiger partial charge < -0.3 is 5.11 Å². The van der Waals surface area contributed by atoms with Crippen LogP contribution in [0, 0.1) is 5.82 Å². The number of aliphatic hydroxyl groups excluding tert-OH is 1. The summed E-state index contributed by atoms with van der Waals surface area (Å²) in [6, 6.07) is 11.5. The summed E-state index contributed by atoms with van der Waals surface area (Å²) in [7, 11) is 0. The lowest BCUT2D eigenvalue weighted by Gasteiger charge is -2.41. The van der Waals surface area contributed by atoms with Crippen molar-refractivity contribution >= 4 is 11.3 Å². The predicted molar refractivity (Wildman–Crippen MR) is 91.9 cm³/mol. The smallest absolute Gasteiger partial charge is 0.127 e. The Labute approximate surface area is 141 Å². The zero-order valence-electron chi connectivity index (χ0n) is 13.2. The van der Waals surface area contributed by atoms with Crippen LogP contribution in [0.1, 0.15) is 16.9 Å². The molecule has 1 N–H and O–H groups in total. The van der Waals surface area contributed by atoms with Gasteiger partial charge in [0.15, 0.2) is 0 Å². The summed E-state index contributed by atoms with van der Waals surface area (Å²) < 4.78 is 13.9. The normalized spacial score (nSPS) is 20.0. The molecule has 1 atom stereocenters. The van der Waals surface area contributed by atoms with E-state index in [-0.39, 0.29) is 18.5 Å². The number of aliphatic hydroxyl groups is 1. The fourth-order valence-corrected chi connectivity index (χ4v) is 3.95. The Morgan fingerprint density at radius 2 is 2.00 bits per heavy atom. The lowest BCUT2D eigenvalue weighted by Crippen LogP contribution is -2.52. The Hall–Kier alpha value is -1.27. The molecule has 0 radical (unpaired) electrons. The van der Waals surface area contributed by atoms with E-state index in [9.17, 15) is 9.50 Å². The molecule has 1 aromatic carbocycles. The molecule has 5 heteroatoms. The molecule has 1 aliphatic heterocycles. The van der Waals surface area contributed by atoms with Crippen molar-refractivity contribution in [1.82, 2.24) is 9.80 Å². The largest absolute Gasteiger partial charge is 0.396 e. The zero-order valence-corrected chi connectivity index (χ0v) is 14.0. The number of hydrogen-bond donors (Lipinski definition) is 1. The second-order valence-electron chi connectivity index (χ2n) is 6.04. The quantitative estimate of drug-likeness (QED) is 0.880. The van der Waals surface area contributed by atoms with Crippen LogP contribution in [0.5, 0.6) is 0 Å². The molecule has 1 fully saturated rings. The third kappa shape index (κ3) is 4.38. The van der Waals surface area contributed by atoms with E-state index in [0.717, 1.165) is 38.2 Å². The van der Waals surface area contributed by atoms with Gasteiger partial charge in [-0.3, -0.25) is 9.80 Å². The molecule has 0 amide bonds. The SMILES string of the molecule is OCCC1CN(Cc2cccs2)CCN1Cc1ccccc1F. The van der Waals surface area contributed by atoms with Crippen LogP contribution in [0.3, 0.4) is 0 Å². The first kappa shape index (κ1) is 16.6. The van der Waals surface area contributed by atoms with E-state index in [1.165, 1.54) is 10.9 Å². The molecule has 124 valence electrons. The van der Waals surface area contributed by atoms with E-state index in [2.05, 4.69) is 27.3 Å². The summed E-state index contributed by atoms with van der Waals surface area (Å²) in [5.74, 6) is -0.142. The molecule has 2 heterocycles. The maximum absolute atomic E-state index is 13.9. The topological polar surface area (TPSA) is 26.7 Å². The van der Waals surface area contributed by atoms with Crippen LogP contribution >= 0.6 is 11.3 Å². The van der Waals surface area contributed by atoms with Crippen molar-refractivity contribution in [3.05, 3.63) is 58.0 Å². The lowest BCUT2D eigenvalue weighted by molar-refractivity contribution is 0.0498. The summed E-state index contributed by atoms with van der Waals surface area (Å²) in [5, 5.41) is 11.5. The maximum atomic E-state index is 13.9. The number of thiophene rings is 1. The zero-order chi connectivity index (χ0) is 16.1. The highest BCUT2D eigenvalue weighted by Crippen LogP contribution is 2.20. The standard InChI is InChI=1S/C18H23FN2OS/c19-18-6-2-1-4-15(18)12-21-9-8-20(13-16(21)7-10-22)14-17-5-3-11-23-17/h1-6,11,16,22H,7-10,12-14H2. The first-order valence-electron chi connectivity index (χ1n) is 8.09. The van der Waals surface area contributed by atoms with Crippen LogP contribution in [-0.4, -0.2) is 47.2 Å². The Balaban J connectivity index is 1.64. The van der Waals surface area contributed by atoms with Crippen molar-refractivity contribution in [1.29, 1.82) is 0 Å². The highest BCUT2D eigenvalue weighted by atomic mass is 32.1. The van der Waals surface area contributed by atoms with Gasteiger partial charge >= 0.3 is 0 Å². The summed E-state index contributed by atoms with van der Waals surface area (Å²) in [6.45, 7) is 4.56. The van der Waals surface area contributed by atoms with Gasteiger partial charge in [-0.05, 0) is 23.9 Å². The fraction of sp³-hybridized carbons (Fsp3) is 0.444. The molecule has 0 spiro atoms. The molecule has 23 heavy (non-hydrogen) atoms. The van der Waals surface area contributed by atoms with E-state index < -0.39 is 0 Å². The number of benzene rings is 1. The minimum Gasteiger partial charge on any atom is -0.396 e. The van der Waals surface area contributed by atoms with Crippen LogP contribution in [0.15, 0.2) is 41.8 Å². The number of piperazine rings is 1. The fourth-order valence-electron chi connectivity index (χ4n) is 3.20. The van der Waals surface area contributed by atoms with Crippen molar-refractivity contribution in [2.24, 2.45) is 0 Å². The summed E-state index contributed by atoms with van der Waals surface area (Å²) in [5.41, 5.74) is 0.738. The molecule has 0 aliphatic carbocycles. The third-order valence-electron chi connectivity index (χ3n) is 4.44. The molecule has 0 bridgehead atoms. The van der Waals surface area contributed by atoms with E-state index >= 15 is 0 Å². The maximum Gasteiger partial charge on any atom is 0.127 e. The van der Waals surface area contributed by atoms with Crippen LogP contribution in [0.2, 0.25) is 0 Å². The second kappa shape index (κ2) is 8.02. The Morgan fingerprint density at radius 3 is 2.74 bits per heavy atom. The van der Waals surface area contributed by atoms with Crippen molar-refractivity contribution < 1.29 is 9.50 Å². The van der Waals surface area contributed by atoms with Gasteiger partial charge in [-0.2, -0.15) is 0 Å². The number of rotatable bonds is 6. The molecule has 3 nitrogen and oxygen atoms in total. The van der Waals surface area contributed by atoms with Crippen LogP contribution in [-0.2, 0) is 13.1 Å². The molecule has 1 saturated heterocycles. The minimum atomic E-state index is -0.142. The van der Waals surface area contributed by atoms with Crippen LogP contribution in [0.4, 0.5) is 4.39 Å². The van der Waals surface area contributed by atoms with Gasteiger partial charge in [0.05, 0.1) is 0 Å². The second-order valence-corrected chi connectivity index (χ2v) is 7.07. The lowest BCUT2D eigenvalue weighted by atomic mass is 10.1. The van der Waals surface area contributed by atoms with E-state index in [1.54, 1.807) is 17.4 Å². The molecule has 3 rings (SSSR count). The average Bonchev–Trinajstić information content (AvgIpc) is 3.05. The molecule has 0 saturated carbocycles. The summed E-state index contributed by atoms with van der Waals surface area (Å²) in [4.78, 5) is 6.11. The van der Waals surface area contributed by atoms with Gasteiger partial charge in [0.2, 0.25) is 0 Å². The van der Waals surface area contributed by atoms with Crippen molar-refractivity contribution in [3.63, 3.8) is 0 Å². The first-order chi connectivity index (χ1) is 11.3. The highest BCUT2D eigenvalue weighted by molar-refractivity contribution is 7.09. The molecular formula is C18H23FN2OS. The Kier molecular flexibility index (Phi) is 5.78. The van der Waals surface area contributed by atoms with Gasteiger partial charge in [0.25, 0.3) is 0 Å². The van der Waals surface area contributed by atoms with E-state index in [0.29, 0.717) is 6.54 Å². The number of nitrogens with zero attached hydrogens (tertiary/aromatic N) is 2. The summed E-state index contributed by atoms with van der Waals surface area (Å²) in [6.07, 6.45) is 0.732. The third-order valence-corrected chi connectivity index (χ3v) is 5.30. The van der Waals surface area contributed by atoms with Gasteiger partial charge in [0.1, 0.15) is 5.82 Å². The molecule has 1 unspecified atom stereocenters. The molecule has 1 aromatic heterocycles.